The second kappa shape index (κ2) is 6.40. The average molecular weight is 335 g/mol. The summed E-state index contributed by atoms with van der Waals surface area (Å²) in [4.78, 5) is 10.1. The third-order valence-corrected chi connectivity index (χ3v) is 3.67. The van der Waals surface area contributed by atoms with Crippen molar-refractivity contribution in [2.45, 2.75) is 0 Å². The van der Waals surface area contributed by atoms with Gasteiger partial charge in [0.15, 0.2) is 5.75 Å². The third kappa shape index (κ3) is 3.02. The van der Waals surface area contributed by atoms with Gasteiger partial charge in [-0.05, 0) is 17.5 Å². The standard InChI is InChI=1S/C18H13N3O4/c1-2-11-9-12-5-3-4-6-14(12)17(18(11)23)20-19-15-8-7-13(21(24)25)10-16(15)22/h2-10,22-23H,1H2/b20-19+. The van der Waals surface area contributed by atoms with Crippen LogP contribution in [0.25, 0.3) is 16.8 Å². The fourth-order valence-electron chi connectivity index (χ4n) is 2.41. The molecule has 7 heteroatoms. The fraction of sp³-hybridized carbons (Fsp3) is 0. The predicted octanol–water partition coefficient (Wildman–Crippen LogP) is 5.22. The molecule has 3 aromatic carbocycles. The maximum Gasteiger partial charge on any atom is 0.273 e. The molecule has 0 aliphatic rings. The summed E-state index contributed by atoms with van der Waals surface area (Å²) < 4.78 is 0. The average Bonchev–Trinajstić information content (AvgIpc) is 2.61. The summed E-state index contributed by atoms with van der Waals surface area (Å²) >= 11 is 0. The normalized spacial score (nSPS) is 11.0. The molecule has 25 heavy (non-hydrogen) atoms. The zero-order valence-electron chi connectivity index (χ0n) is 13.0. The van der Waals surface area contributed by atoms with E-state index in [1.807, 2.05) is 12.1 Å². The topological polar surface area (TPSA) is 108 Å². The molecular weight excluding hydrogens is 322 g/mol. The molecule has 0 bridgehead atoms. The molecule has 0 saturated carbocycles. The monoisotopic (exact) mass is 335 g/mol. The van der Waals surface area contributed by atoms with Gasteiger partial charge in [-0.15, -0.1) is 10.2 Å². The van der Waals surface area contributed by atoms with Crippen molar-refractivity contribution in [3.8, 4) is 11.5 Å². The van der Waals surface area contributed by atoms with Gasteiger partial charge >= 0.3 is 0 Å². The van der Waals surface area contributed by atoms with Crippen LogP contribution in [0.15, 0.2) is 65.3 Å². The molecule has 0 aromatic heterocycles. The lowest BCUT2D eigenvalue weighted by Crippen LogP contribution is -1.86. The number of hydrogen-bond acceptors (Lipinski definition) is 6. The van der Waals surface area contributed by atoms with E-state index in [-0.39, 0.29) is 28.6 Å². The number of rotatable bonds is 4. The molecule has 3 rings (SSSR count). The summed E-state index contributed by atoms with van der Waals surface area (Å²) in [6, 6.07) is 12.6. The highest BCUT2D eigenvalue weighted by atomic mass is 16.6. The van der Waals surface area contributed by atoms with E-state index in [1.54, 1.807) is 18.2 Å². The number of phenols is 2. The number of fused-ring (bicyclic) bond motifs is 1. The van der Waals surface area contributed by atoms with Crippen LogP contribution in [0.5, 0.6) is 11.5 Å². The van der Waals surface area contributed by atoms with Gasteiger partial charge < -0.3 is 10.2 Å². The molecule has 3 aromatic rings. The Hall–Kier alpha value is -3.74. The number of aromatic hydroxyl groups is 2. The van der Waals surface area contributed by atoms with Crippen LogP contribution in [0.2, 0.25) is 0 Å². The first kappa shape index (κ1) is 16.1. The summed E-state index contributed by atoms with van der Waals surface area (Å²) in [5, 5.41) is 40.4. The first-order valence-corrected chi connectivity index (χ1v) is 7.27. The summed E-state index contributed by atoms with van der Waals surface area (Å²) in [6.07, 6.45) is 1.50. The summed E-state index contributed by atoms with van der Waals surface area (Å²) in [6.45, 7) is 3.66. The maximum atomic E-state index is 10.7. The number of non-ortho nitro benzene ring substituents is 1. The van der Waals surface area contributed by atoms with Crippen LogP contribution in [0.1, 0.15) is 5.56 Å². The van der Waals surface area contributed by atoms with Crippen LogP contribution in [0.4, 0.5) is 17.1 Å². The van der Waals surface area contributed by atoms with E-state index in [1.165, 1.54) is 18.2 Å². The summed E-state index contributed by atoms with van der Waals surface area (Å²) in [7, 11) is 0. The SMILES string of the molecule is C=Cc1cc2ccccc2c(/N=N/c2ccc([N+](=O)[O-])cc2O)c1O. The van der Waals surface area contributed by atoms with Crippen molar-refractivity contribution in [1.82, 2.24) is 0 Å². The minimum absolute atomic E-state index is 0.0538. The van der Waals surface area contributed by atoms with Gasteiger partial charge in [0.2, 0.25) is 0 Å². The highest BCUT2D eigenvalue weighted by Gasteiger charge is 2.12. The van der Waals surface area contributed by atoms with Gasteiger partial charge in [-0.2, -0.15) is 0 Å². The first-order valence-electron chi connectivity index (χ1n) is 7.27. The number of phenolic OH excluding ortho intramolecular Hbond substituents is 2. The van der Waals surface area contributed by atoms with Crippen molar-refractivity contribution < 1.29 is 15.1 Å². The van der Waals surface area contributed by atoms with Crippen LogP contribution in [-0.4, -0.2) is 15.1 Å². The van der Waals surface area contributed by atoms with Crippen LogP contribution in [-0.2, 0) is 0 Å². The van der Waals surface area contributed by atoms with Gasteiger partial charge in [-0.25, -0.2) is 0 Å². The second-order valence-corrected chi connectivity index (χ2v) is 5.22. The molecule has 0 spiro atoms. The number of nitro groups is 1. The van der Waals surface area contributed by atoms with Crippen molar-refractivity contribution in [1.29, 1.82) is 0 Å². The van der Waals surface area contributed by atoms with Gasteiger partial charge in [0.05, 0.1) is 11.0 Å². The number of hydrogen-bond donors (Lipinski definition) is 2. The zero-order chi connectivity index (χ0) is 18.0. The van der Waals surface area contributed by atoms with Crippen molar-refractivity contribution in [2.75, 3.05) is 0 Å². The Morgan fingerprint density at radius 1 is 1.08 bits per heavy atom. The molecule has 0 aliphatic carbocycles. The first-order chi connectivity index (χ1) is 12.0. The Bertz CT molecular complexity index is 1030. The Balaban J connectivity index is 2.11. The lowest BCUT2D eigenvalue weighted by atomic mass is 10.0. The van der Waals surface area contributed by atoms with E-state index < -0.39 is 4.92 Å². The van der Waals surface area contributed by atoms with Crippen LogP contribution < -0.4 is 0 Å². The van der Waals surface area contributed by atoms with Gasteiger partial charge in [0, 0.05) is 17.0 Å². The minimum atomic E-state index is -0.618. The Kier molecular flexibility index (Phi) is 4.13. The number of benzene rings is 3. The number of nitrogens with zero attached hydrogens (tertiary/aromatic N) is 3. The molecule has 0 heterocycles. The molecule has 7 nitrogen and oxygen atoms in total. The van der Waals surface area contributed by atoms with Gasteiger partial charge in [-0.1, -0.05) is 36.9 Å². The molecule has 0 atom stereocenters. The molecule has 0 unspecified atom stereocenters. The highest BCUT2D eigenvalue weighted by molar-refractivity contribution is 5.98. The van der Waals surface area contributed by atoms with Crippen LogP contribution >= 0.6 is 0 Å². The van der Waals surface area contributed by atoms with Gasteiger partial charge in [0.1, 0.15) is 17.1 Å². The van der Waals surface area contributed by atoms with Crippen molar-refractivity contribution in [3.05, 3.63) is 70.8 Å². The van der Waals surface area contributed by atoms with Crippen molar-refractivity contribution >= 4 is 33.9 Å². The fourth-order valence-corrected chi connectivity index (χ4v) is 2.41. The van der Waals surface area contributed by atoms with E-state index in [4.69, 9.17) is 0 Å². The lowest BCUT2D eigenvalue weighted by Gasteiger charge is -2.07. The molecule has 2 N–H and O–H groups in total. The lowest BCUT2D eigenvalue weighted by molar-refractivity contribution is -0.384. The second-order valence-electron chi connectivity index (χ2n) is 5.22. The molecule has 0 aliphatic heterocycles. The largest absolute Gasteiger partial charge is 0.505 e. The molecule has 124 valence electrons. The maximum absolute atomic E-state index is 10.7. The quantitative estimate of drug-likeness (QED) is 0.387. The minimum Gasteiger partial charge on any atom is -0.505 e. The summed E-state index contributed by atoms with van der Waals surface area (Å²) in [5.74, 6) is -0.458. The van der Waals surface area contributed by atoms with Crippen molar-refractivity contribution in [3.63, 3.8) is 0 Å². The third-order valence-electron chi connectivity index (χ3n) is 3.67. The smallest absolute Gasteiger partial charge is 0.273 e. The molecule has 0 radical (unpaired) electrons. The van der Waals surface area contributed by atoms with Crippen molar-refractivity contribution in [2.24, 2.45) is 10.2 Å². The number of azo groups is 1. The molecule has 0 fully saturated rings. The van der Waals surface area contributed by atoms with E-state index in [0.29, 0.717) is 10.9 Å². The number of nitro benzene ring substituents is 1. The predicted molar refractivity (Wildman–Crippen MR) is 94.6 cm³/mol. The summed E-state index contributed by atoms with van der Waals surface area (Å²) in [5.41, 5.74) is 0.530. The van der Waals surface area contributed by atoms with E-state index in [2.05, 4.69) is 16.8 Å². The van der Waals surface area contributed by atoms with Gasteiger partial charge in [0.25, 0.3) is 5.69 Å². The van der Waals surface area contributed by atoms with E-state index in [9.17, 15) is 20.3 Å². The Morgan fingerprint density at radius 3 is 2.52 bits per heavy atom. The molecular formula is C18H13N3O4. The van der Waals surface area contributed by atoms with E-state index in [0.717, 1.165) is 11.5 Å². The molecule has 0 saturated heterocycles. The highest BCUT2D eigenvalue weighted by Crippen LogP contribution is 2.40. The Labute approximate surface area is 142 Å². The van der Waals surface area contributed by atoms with Crippen LogP contribution in [0, 0.1) is 10.1 Å². The van der Waals surface area contributed by atoms with E-state index >= 15 is 0 Å². The molecule has 0 amide bonds. The van der Waals surface area contributed by atoms with Gasteiger partial charge in [-0.3, -0.25) is 10.1 Å². The zero-order valence-corrected chi connectivity index (χ0v) is 13.0. The van der Waals surface area contributed by atoms with Crippen LogP contribution in [0.3, 0.4) is 0 Å². The Morgan fingerprint density at radius 2 is 1.84 bits per heavy atom.